The molecule has 0 spiro atoms. The van der Waals surface area contributed by atoms with Gasteiger partial charge in [0.2, 0.25) is 5.95 Å². The second-order valence-electron chi connectivity index (χ2n) is 7.88. The fraction of sp³-hybridized carbons (Fsp3) is 0.364. The summed E-state index contributed by atoms with van der Waals surface area (Å²) in [6, 6.07) is 12.7. The van der Waals surface area contributed by atoms with Crippen molar-refractivity contribution in [1.82, 2.24) is 14.7 Å². The topological polar surface area (TPSA) is 53.5 Å². The highest BCUT2D eigenvalue weighted by molar-refractivity contribution is 9.10. The highest BCUT2D eigenvalue weighted by atomic mass is 79.9. The number of para-hydroxylation sites is 1. The number of hydrogen-bond donors (Lipinski definition) is 1. The predicted molar refractivity (Wildman–Crippen MR) is 129 cm³/mol. The van der Waals surface area contributed by atoms with Gasteiger partial charge in [-0.1, -0.05) is 28.1 Å². The van der Waals surface area contributed by atoms with E-state index < -0.39 is 6.36 Å². The first kappa shape index (κ1) is 23.9. The standard InChI is InChI=1S/C22H23BrF3N5OS/c1-30(2)20-16-5-3-4-6-17(16)27-21(28-20)31-11-9-15(10-12-31)29-33-19-8-7-14(23)13-18(19)32-22(24,25)26/h3-8,13,15,29H,9-12H2,1-2H3. The molecule has 0 aliphatic carbocycles. The Morgan fingerprint density at radius 2 is 1.85 bits per heavy atom. The van der Waals surface area contributed by atoms with E-state index in [4.69, 9.17) is 9.97 Å². The number of alkyl halides is 3. The maximum atomic E-state index is 12.7. The smallest absolute Gasteiger partial charge is 0.405 e. The molecule has 0 unspecified atom stereocenters. The zero-order valence-corrected chi connectivity index (χ0v) is 20.5. The van der Waals surface area contributed by atoms with E-state index in [2.05, 4.69) is 30.3 Å². The summed E-state index contributed by atoms with van der Waals surface area (Å²) in [4.78, 5) is 14.1. The van der Waals surface area contributed by atoms with E-state index in [-0.39, 0.29) is 11.8 Å². The Balaban J connectivity index is 1.40. The van der Waals surface area contributed by atoms with Crippen LogP contribution in [0.2, 0.25) is 0 Å². The van der Waals surface area contributed by atoms with Crippen LogP contribution >= 0.6 is 27.9 Å². The second-order valence-corrected chi connectivity index (χ2v) is 9.67. The molecule has 33 heavy (non-hydrogen) atoms. The first-order valence-corrected chi connectivity index (χ1v) is 12.0. The zero-order chi connectivity index (χ0) is 23.6. The van der Waals surface area contributed by atoms with Gasteiger partial charge in [0.1, 0.15) is 11.6 Å². The Bertz CT molecular complexity index is 1120. The number of hydrogen-bond acceptors (Lipinski definition) is 7. The molecule has 1 aliphatic rings. The van der Waals surface area contributed by atoms with Crippen LogP contribution in [0, 0.1) is 0 Å². The number of benzene rings is 2. The van der Waals surface area contributed by atoms with Crippen LogP contribution in [-0.4, -0.2) is 49.6 Å². The van der Waals surface area contributed by atoms with Crippen LogP contribution in [0.15, 0.2) is 51.8 Å². The predicted octanol–water partition coefficient (Wildman–Crippen LogP) is 5.62. The molecule has 1 aliphatic heterocycles. The number of nitrogens with one attached hydrogen (secondary N) is 1. The van der Waals surface area contributed by atoms with Gasteiger partial charge in [-0.25, -0.2) is 4.98 Å². The molecule has 11 heteroatoms. The van der Waals surface area contributed by atoms with E-state index in [9.17, 15) is 13.2 Å². The van der Waals surface area contributed by atoms with E-state index in [1.54, 1.807) is 12.1 Å². The fourth-order valence-corrected chi connectivity index (χ4v) is 4.85. The maximum absolute atomic E-state index is 12.7. The third kappa shape index (κ3) is 6.01. The zero-order valence-electron chi connectivity index (χ0n) is 18.1. The third-order valence-electron chi connectivity index (χ3n) is 5.24. The Labute approximate surface area is 202 Å². The minimum absolute atomic E-state index is 0.141. The molecule has 0 saturated carbocycles. The van der Waals surface area contributed by atoms with E-state index in [0.717, 1.165) is 54.6 Å². The molecule has 2 heterocycles. The Morgan fingerprint density at radius 3 is 2.55 bits per heavy atom. The third-order valence-corrected chi connectivity index (χ3v) is 6.74. The van der Waals surface area contributed by atoms with Crippen LogP contribution in [-0.2, 0) is 0 Å². The van der Waals surface area contributed by atoms with Gasteiger partial charge in [0.25, 0.3) is 0 Å². The SMILES string of the molecule is CN(C)c1nc(N2CCC(NSc3ccc(Br)cc3OC(F)(F)F)CC2)nc2ccccc12. The van der Waals surface area contributed by atoms with Crippen LogP contribution in [0.25, 0.3) is 10.9 Å². The summed E-state index contributed by atoms with van der Waals surface area (Å²) < 4.78 is 46.2. The van der Waals surface area contributed by atoms with Crippen LogP contribution < -0.4 is 19.3 Å². The molecule has 1 saturated heterocycles. The van der Waals surface area contributed by atoms with Gasteiger partial charge in [-0.3, -0.25) is 4.72 Å². The number of aromatic nitrogens is 2. The molecule has 0 atom stereocenters. The van der Waals surface area contributed by atoms with Crippen molar-refractivity contribution in [2.75, 3.05) is 37.0 Å². The average molecular weight is 542 g/mol. The maximum Gasteiger partial charge on any atom is 0.573 e. The van der Waals surface area contributed by atoms with Gasteiger partial charge in [-0.2, -0.15) is 4.98 Å². The summed E-state index contributed by atoms with van der Waals surface area (Å²) in [6.45, 7) is 1.49. The Kier molecular flexibility index (Phi) is 7.20. The van der Waals surface area contributed by atoms with Gasteiger partial charge in [-0.15, -0.1) is 13.2 Å². The Morgan fingerprint density at radius 1 is 1.12 bits per heavy atom. The summed E-state index contributed by atoms with van der Waals surface area (Å²) in [5.74, 6) is 1.34. The lowest BCUT2D eigenvalue weighted by Gasteiger charge is -2.32. The van der Waals surface area contributed by atoms with Crippen LogP contribution in [0.5, 0.6) is 5.75 Å². The van der Waals surface area contributed by atoms with Gasteiger partial charge in [0.05, 0.1) is 10.4 Å². The van der Waals surface area contributed by atoms with Crippen LogP contribution in [0.1, 0.15) is 12.8 Å². The van der Waals surface area contributed by atoms with Gasteiger partial charge < -0.3 is 14.5 Å². The van der Waals surface area contributed by atoms with E-state index in [1.807, 2.05) is 43.3 Å². The monoisotopic (exact) mass is 541 g/mol. The summed E-state index contributed by atoms with van der Waals surface area (Å²) in [5, 5.41) is 1.01. The molecule has 0 radical (unpaired) electrons. The molecule has 1 N–H and O–H groups in total. The van der Waals surface area contributed by atoms with Gasteiger partial charge in [-0.05, 0) is 55.1 Å². The molecule has 2 aromatic carbocycles. The van der Waals surface area contributed by atoms with E-state index in [0.29, 0.717) is 15.3 Å². The number of anilines is 2. The Hall–Kier alpha value is -2.24. The van der Waals surface area contributed by atoms with Crippen LogP contribution in [0.4, 0.5) is 24.9 Å². The van der Waals surface area contributed by atoms with Gasteiger partial charge in [0.15, 0.2) is 0 Å². The fourth-order valence-electron chi connectivity index (χ4n) is 3.65. The number of halogens is 4. The molecule has 6 nitrogen and oxygen atoms in total. The van der Waals surface area contributed by atoms with Crippen molar-refractivity contribution in [1.29, 1.82) is 0 Å². The summed E-state index contributed by atoms with van der Waals surface area (Å²) >= 11 is 4.35. The van der Waals surface area contributed by atoms with Crippen molar-refractivity contribution in [3.63, 3.8) is 0 Å². The number of nitrogens with zero attached hydrogens (tertiary/aromatic N) is 4. The number of fused-ring (bicyclic) bond motifs is 1. The molecule has 1 fully saturated rings. The second kappa shape index (κ2) is 9.94. The van der Waals surface area contributed by atoms with E-state index >= 15 is 0 Å². The van der Waals surface area contributed by atoms with E-state index in [1.165, 1.54) is 6.07 Å². The van der Waals surface area contributed by atoms with Crippen molar-refractivity contribution in [2.24, 2.45) is 0 Å². The largest absolute Gasteiger partial charge is 0.573 e. The van der Waals surface area contributed by atoms with Crippen LogP contribution in [0.3, 0.4) is 0 Å². The van der Waals surface area contributed by atoms with Gasteiger partial charge in [0, 0.05) is 43.1 Å². The van der Waals surface area contributed by atoms with Gasteiger partial charge >= 0.3 is 6.36 Å². The quantitative estimate of drug-likeness (QED) is 0.406. The molecular weight excluding hydrogens is 519 g/mol. The molecule has 4 rings (SSSR count). The lowest BCUT2D eigenvalue weighted by molar-refractivity contribution is -0.275. The lowest BCUT2D eigenvalue weighted by atomic mass is 10.1. The van der Waals surface area contributed by atoms with Crippen molar-refractivity contribution in [2.45, 2.75) is 30.1 Å². The number of rotatable bonds is 6. The summed E-state index contributed by atoms with van der Waals surface area (Å²) in [7, 11) is 3.93. The summed E-state index contributed by atoms with van der Waals surface area (Å²) in [5.41, 5.74) is 0.898. The number of piperidine rings is 1. The molecular formula is C22H23BrF3N5OS. The molecule has 0 bridgehead atoms. The van der Waals surface area contributed by atoms with Crippen molar-refractivity contribution >= 4 is 50.5 Å². The first-order valence-electron chi connectivity index (χ1n) is 10.4. The minimum Gasteiger partial charge on any atom is -0.405 e. The highest BCUT2D eigenvalue weighted by Gasteiger charge is 2.32. The van der Waals surface area contributed by atoms with Crippen molar-refractivity contribution < 1.29 is 17.9 Å². The summed E-state index contributed by atoms with van der Waals surface area (Å²) in [6.07, 6.45) is -3.12. The molecule has 176 valence electrons. The average Bonchev–Trinajstić information content (AvgIpc) is 2.77. The minimum atomic E-state index is -4.74. The normalized spacial score (nSPS) is 15.2. The molecule has 0 amide bonds. The number of ether oxygens (including phenoxy) is 1. The highest BCUT2D eigenvalue weighted by Crippen LogP contribution is 2.35. The first-order chi connectivity index (χ1) is 15.7. The van der Waals surface area contributed by atoms with Crippen molar-refractivity contribution in [3.05, 3.63) is 46.9 Å². The molecule has 3 aromatic rings. The molecule has 1 aromatic heterocycles. The lowest BCUT2D eigenvalue weighted by Crippen LogP contribution is -2.41. The van der Waals surface area contributed by atoms with Crippen molar-refractivity contribution in [3.8, 4) is 5.75 Å².